The lowest BCUT2D eigenvalue weighted by Gasteiger charge is -2.25. The first-order valence-electron chi connectivity index (χ1n) is 6.72. The van der Waals surface area contributed by atoms with Crippen molar-refractivity contribution in [2.75, 3.05) is 31.2 Å². The highest BCUT2D eigenvalue weighted by atomic mass is 32.2. The zero-order valence-corrected chi connectivity index (χ0v) is 13.5. The van der Waals surface area contributed by atoms with Crippen molar-refractivity contribution in [1.29, 1.82) is 0 Å². The third-order valence-corrected chi connectivity index (χ3v) is 5.27. The van der Waals surface area contributed by atoms with Gasteiger partial charge in [0, 0.05) is 29.6 Å². The number of nitrogens with zero attached hydrogens (tertiary/aromatic N) is 4. The zero-order valence-electron chi connectivity index (χ0n) is 11.9. The smallest absolute Gasteiger partial charge is 0.272 e. The molecule has 0 atom stereocenters. The SMILES string of the molecule is Cc1cc(Sc2nnc(N3CCOCC3)s2)ccc1[N+](=O)[O-]. The number of hydrogen-bond acceptors (Lipinski definition) is 8. The average Bonchev–Trinajstić information content (AvgIpc) is 2.96. The number of benzene rings is 1. The fraction of sp³-hybridized carbons (Fsp3) is 0.385. The fourth-order valence-electron chi connectivity index (χ4n) is 2.12. The number of aromatic nitrogens is 2. The Kier molecular flexibility index (Phi) is 4.55. The lowest BCUT2D eigenvalue weighted by atomic mass is 10.2. The molecule has 0 bridgehead atoms. The molecule has 1 aromatic heterocycles. The second kappa shape index (κ2) is 6.59. The number of anilines is 1. The number of aryl methyl sites for hydroxylation is 1. The molecule has 1 aromatic carbocycles. The van der Waals surface area contributed by atoms with Crippen LogP contribution in [0.4, 0.5) is 10.8 Å². The molecule has 0 amide bonds. The maximum absolute atomic E-state index is 10.8. The molecule has 1 fully saturated rings. The van der Waals surface area contributed by atoms with Crippen LogP contribution in [0.2, 0.25) is 0 Å². The van der Waals surface area contributed by atoms with Crippen molar-refractivity contribution < 1.29 is 9.66 Å². The van der Waals surface area contributed by atoms with E-state index >= 15 is 0 Å². The Morgan fingerprint density at radius 1 is 1.36 bits per heavy atom. The van der Waals surface area contributed by atoms with Crippen molar-refractivity contribution in [2.45, 2.75) is 16.2 Å². The lowest BCUT2D eigenvalue weighted by molar-refractivity contribution is -0.385. The van der Waals surface area contributed by atoms with Crippen molar-refractivity contribution in [3.8, 4) is 0 Å². The van der Waals surface area contributed by atoms with Gasteiger partial charge in [-0.2, -0.15) is 0 Å². The van der Waals surface area contributed by atoms with Crippen molar-refractivity contribution in [2.24, 2.45) is 0 Å². The monoisotopic (exact) mass is 338 g/mol. The van der Waals surface area contributed by atoms with Gasteiger partial charge in [-0.15, -0.1) is 10.2 Å². The van der Waals surface area contributed by atoms with Gasteiger partial charge in [0.15, 0.2) is 4.34 Å². The minimum Gasteiger partial charge on any atom is -0.378 e. The summed E-state index contributed by atoms with van der Waals surface area (Å²) < 4.78 is 6.15. The molecular weight excluding hydrogens is 324 g/mol. The second-order valence-corrected chi connectivity index (χ2v) is 7.03. The van der Waals surface area contributed by atoms with E-state index < -0.39 is 0 Å². The minimum atomic E-state index is -0.370. The van der Waals surface area contributed by atoms with E-state index in [4.69, 9.17) is 4.74 Å². The van der Waals surface area contributed by atoms with Crippen LogP contribution in [0, 0.1) is 17.0 Å². The van der Waals surface area contributed by atoms with E-state index in [-0.39, 0.29) is 10.6 Å². The number of ether oxygens (including phenoxy) is 1. The molecule has 1 saturated heterocycles. The third-order valence-electron chi connectivity index (χ3n) is 3.25. The lowest BCUT2D eigenvalue weighted by Crippen LogP contribution is -2.36. The predicted molar refractivity (Wildman–Crippen MR) is 84.9 cm³/mol. The van der Waals surface area contributed by atoms with Crippen molar-refractivity contribution in [1.82, 2.24) is 10.2 Å². The predicted octanol–water partition coefficient (Wildman–Crippen LogP) is 2.74. The first-order chi connectivity index (χ1) is 10.6. The van der Waals surface area contributed by atoms with Gasteiger partial charge in [-0.3, -0.25) is 10.1 Å². The van der Waals surface area contributed by atoms with Crippen LogP contribution in [0.5, 0.6) is 0 Å². The summed E-state index contributed by atoms with van der Waals surface area (Å²) in [5.74, 6) is 0. The molecule has 0 saturated carbocycles. The molecule has 0 N–H and O–H groups in total. The van der Waals surface area contributed by atoms with Gasteiger partial charge in [-0.1, -0.05) is 23.1 Å². The summed E-state index contributed by atoms with van der Waals surface area (Å²) in [6, 6.07) is 5.08. The highest BCUT2D eigenvalue weighted by Gasteiger charge is 2.17. The molecule has 7 nitrogen and oxygen atoms in total. The molecule has 116 valence electrons. The largest absolute Gasteiger partial charge is 0.378 e. The molecule has 0 spiro atoms. The normalized spacial score (nSPS) is 15.0. The van der Waals surface area contributed by atoms with Crippen LogP contribution < -0.4 is 4.90 Å². The van der Waals surface area contributed by atoms with Crippen LogP contribution in [-0.4, -0.2) is 41.4 Å². The Hall–Kier alpha value is -1.71. The summed E-state index contributed by atoms with van der Waals surface area (Å²) in [7, 11) is 0. The average molecular weight is 338 g/mol. The summed E-state index contributed by atoms with van der Waals surface area (Å²) in [5, 5.41) is 20.1. The summed E-state index contributed by atoms with van der Waals surface area (Å²) in [6.07, 6.45) is 0. The Balaban J connectivity index is 1.72. The van der Waals surface area contributed by atoms with Gasteiger partial charge < -0.3 is 9.64 Å². The van der Waals surface area contributed by atoms with Crippen LogP contribution in [-0.2, 0) is 4.74 Å². The molecule has 2 aromatic rings. The number of nitro benzene ring substituents is 1. The van der Waals surface area contributed by atoms with Gasteiger partial charge in [-0.05, 0) is 19.1 Å². The molecule has 22 heavy (non-hydrogen) atoms. The Labute approximate surface area is 135 Å². The van der Waals surface area contributed by atoms with E-state index in [1.807, 2.05) is 0 Å². The van der Waals surface area contributed by atoms with E-state index in [0.29, 0.717) is 18.8 Å². The van der Waals surface area contributed by atoms with Gasteiger partial charge in [0.25, 0.3) is 5.69 Å². The van der Waals surface area contributed by atoms with E-state index in [9.17, 15) is 10.1 Å². The molecule has 9 heteroatoms. The highest BCUT2D eigenvalue weighted by molar-refractivity contribution is 8.01. The summed E-state index contributed by atoms with van der Waals surface area (Å²) in [4.78, 5) is 13.5. The Morgan fingerprint density at radius 3 is 2.82 bits per heavy atom. The van der Waals surface area contributed by atoms with E-state index in [0.717, 1.165) is 27.5 Å². The van der Waals surface area contributed by atoms with Gasteiger partial charge in [-0.25, -0.2) is 0 Å². The standard InChI is InChI=1S/C13H14N4O3S2/c1-9-8-10(2-3-11(9)17(18)19)21-13-15-14-12(22-13)16-4-6-20-7-5-16/h2-3,8H,4-7H2,1H3. The zero-order chi connectivity index (χ0) is 15.5. The van der Waals surface area contributed by atoms with Crippen LogP contribution in [0.1, 0.15) is 5.56 Å². The second-order valence-electron chi connectivity index (χ2n) is 4.76. The summed E-state index contributed by atoms with van der Waals surface area (Å²) in [5.41, 5.74) is 0.781. The van der Waals surface area contributed by atoms with Gasteiger partial charge >= 0.3 is 0 Å². The third kappa shape index (κ3) is 3.37. The molecular formula is C13H14N4O3S2. The molecule has 3 rings (SSSR count). The molecule has 0 aliphatic carbocycles. The highest BCUT2D eigenvalue weighted by Crippen LogP contribution is 2.35. The topological polar surface area (TPSA) is 81.4 Å². The first-order valence-corrected chi connectivity index (χ1v) is 8.36. The van der Waals surface area contributed by atoms with Crippen molar-refractivity contribution >= 4 is 33.9 Å². The van der Waals surface area contributed by atoms with E-state index in [1.165, 1.54) is 29.2 Å². The number of rotatable bonds is 4. The van der Waals surface area contributed by atoms with E-state index in [2.05, 4.69) is 15.1 Å². The quantitative estimate of drug-likeness (QED) is 0.626. The molecule has 0 radical (unpaired) electrons. The maximum Gasteiger partial charge on any atom is 0.272 e. The van der Waals surface area contributed by atoms with Crippen LogP contribution in [0.25, 0.3) is 0 Å². The van der Waals surface area contributed by atoms with Crippen LogP contribution >= 0.6 is 23.1 Å². The van der Waals surface area contributed by atoms with Crippen molar-refractivity contribution in [3.63, 3.8) is 0 Å². The molecule has 1 aliphatic rings. The fourth-order valence-corrected chi connectivity index (χ4v) is 4.09. The van der Waals surface area contributed by atoms with Gasteiger partial charge in [0.2, 0.25) is 5.13 Å². The van der Waals surface area contributed by atoms with Gasteiger partial charge in [0.05, 0.1) is 18.1 Å². The van der Waals surface area contributed by atoms with Crippen LogP contribution in [0.15, 0.2) is 27.4 Å². The molecule has 1 aliphatic heterocycles. The number of morpholine rings is 1. The van der Waals surface area contributed by atoms with Crippen molar-refractivity contribution in [3.05, 3.63) is 33.9 Å². The van der Waals surface area contributed by atoms with Crippen LogP contribution in [0.3, 0.4) is 0 Å². The van der Waals surface area contributed by atoms with E-state index in [1.54, 1.807) is 19.1 Å². The minimum absolute atomic E-state index is 0.135. The molecule has 2 heterocycles. The summed E-state index contributed by atoms with van der Waals surface area (Å²) in [6.45, 7) is 4.82. The molecule has 0 unspecified atom stereocenters. The number of hydrogen-bond donors (Lipinski definition) is 0. The summed E-state index contributed by atoms with van der Waals surface area (Å²) >= 11 is 3.00. The van der Waals surface area contributed by atoms with Gasteiger partial charge in [0.1, 0.15) is 0 Å². The Morgan fingerprint density at radius 2 is 2.14 bits per heavy atom. The first kappa shape index (κ1) is 15.2. The Bertz CT molecular complexity index is 686. The maximum atomic E-state index is 10.8. The number of nitro groups is 1.